The second-order valence-electron chi connectivity index (χ2n) is 4.00. The van der Waals surface area contributed by atoms with Crippen LogP contribution in [0.2, 0.25) is 0 Å². The summed E-state index contributed by atoms with van der Waals surface area (Å²) in [6.45, 7) is 2.07. The SMILES string of the molecule is CCOC(=O)c1ccc(NC(=O)Cc2cocn2)cc1. The number of benzene rings is 1. The highest BCUT2D eigenvalue weighted by molar-refractivity contribution is 5.93. The molecule has 1 N–H and O–H groups in total. The van der Waals surface area contributed by atoms with Gasteiger partial charge in [0.15, 0.2) is 6.39 Å². The lowest BCUT2D eigenvalue weighted by atomic mass is 10.2. The number of hydrogen-bond acceptors (Lipinski definition) is 5. The summed E-state index contributed by atoms with van der Waals surface area (Å²) in [5.41, 5.74) is 1.61. The van der Waals surface area contributed by atoms with Crippen molar-refractivity contribution in [1.29, 1.82) is 0 Å². The van der Waals surface area contributed by atoms with E-state index >= 15 is 0 Å². The molecule has 104 valence electrons. The number of ether oxygens (including phenoxy) is 1. The molecule has 2 aromatic rings. The van der Waals surface area contributed by atoms with Gasteiger partial charge in [-0.3, -0.25) is 4.79 Å². The van der Waals surface area contributed by atoms with Gasteiger partial charge in [-0.25, -0.2) is 9.78 Å². The number of rotatable bonds is 5. The van der Waals surface area contributed by atoms with Gasteiger partial charge in [0.05, 0.1) is 24.3 Å². The van der Waals surface area contributed by atoms with Crippen LogP contribution in [0.1, 0.15) is 23.0 Å². The minimum absolute atomic E-state index is 0.135. The van der Waals surface area contributed by atoms with Crippen LogP contribution in [-0.2, 0) is 16.0 Å². The van der Waals surface area contributed by atoms with Crippen molar-refractivity contribution in [3.8, 4) is 0 Å². The summed E-state index contributed by atoms with van der Waals surface area (Å²) >= 11 is 0. The van der Waals surface area contributed by atoms with Crippen LogP contribution in [0.5, 0.6) is 0 Å². The van der Waals surface area contributed by atoms with E-state index < -0.39 is 0 Å². The number of esters is 1. The van der Waals surface area contributed by atoms with Crippen molar-refractivity contribution in [3.05, 3.63) is 48.2 Å². The Kier molecular flexibility index (Phi) is 4.49. The Morgan fingerprint density at radius 2 is 2.05 bits per heavy atom. The van der Waals surface area contributed by atoms with Gasteiger partial charge in [0.1, 0.15) is 6.26 Å². The number of anilines is 1. The van der Waals surface area contributed by atoms with E-state index in [1.807, 2.05) is 0 Å². The fraction of sp³-hybridized carbons (Fsp3) is 0.214. The van der Waals surface area contributed by atoms with Gasteiger partial charge in [0, 0.05) is 5.69 Å². The van der Waals surface area contributed by atoms with Gasteiger partial charge in [0.2, 0.25) is 5.91 Å². The molecule has 0 aliphatic heterocycles. The van der Waals surface area contributed by atoms with Gasteiger partial charge in [-0.2, -0.15) is 0 Å². The third-order valence-corrected chi connectivity index (χ3v) is 2.50. The molecule has 0 bridgehead atoms. The van der Waals surface area contributed by atoms with E-state index in [0.717, 1.165) is 0 Å². The van der Waals surface area contributed by atoms with Gasteiger partial charge >= 0.3 is 5.97 Å². The highest BCUT2D eigenvalue weighted by atomic mass is 16.5. The van der Waals surface area contributed by atoms with E-state index in [4.69, 9.17) is 9.15 Å². The molecular weight excluding hydrogens is 260 g/mol. The maximum absolute atomic E-state index is 11.7. The van der Waals surface area contributed by atoms with Gasteiger partial charge < -0.3 is 14.5 Å². The summed E-state index contributed by atoms with van der Waals surface area (Å²) in [7, 11) is 0. The summed E-state index contributed by atoms with van der Waals surface area (Å²) in [6, 6.07) is 6.49. The molecule has 1 aromatic carbocycles. The molecule has 0 aliphatic rings. The third kappa shape index (κ3) is 3.68. The molecule has 0 fully saturated rings. The first-order valence-corrected chi connectivity index (χ1v) is 6.13. The second kappa shape index (κ2) is 6.51. The van der Waals surface area contributed by atoms with Crippen LogP contribution in [0, 0.1) is 0 Å². The van der Waals surface area contributed by atoms with E-state index in [1.165, 1.54) is 12.7 Å². The Balaban J connectivity index is 1.93. The summed E-state index contributed by atoms with van der Waals surface area (Å²) < 4.78 is 9.66. The van der Waals surface area contributed by atoms with Gasteiger partial charge in [-0.15, -0.1) is 0 Å². The number of nitrogens with one attached hydrogen (secondary N) is 1. The quantitative estimate of drug-likeness (QED) is 0.844. The summed E-state index contributed by atoms with van der Waals surface area (Å²) in [5, 5.41) is 2.71. The van der Waals surface area contributed by atoms with Crippen molar-refractivity contribution in [3.63, 3.8) is 0 Å². The Bertz CT molecular complexity index is 576. The lowest BCUT2D eigenvalue weighted by molar-refractivity contribution is -0.115. The van der Waals surface area contributed by atoms with Crippen LogP contribution in [0.3, 0.4) is 0 Å². The van der Waals surface area contributed by atoms with Gasteiger partial charge in [-0.1, -0.05) is 0 Å². The maximum Gasteiger partial charge on any atom is 0.338 e. The van der Waals surface area contributed by atoms with Crippen molar-refractivity contribution in [2.75, 3.05) is 11.9 Å². The molecule has 0 radical (unpaired) electrons. The molecule has 0 spiro atoms. The normalized spacial score (nSPS) is 10.1. The monoisotopic (exact) mass is 274 g/mol. The minimum atomic E-state index is -0.382. The Morgan fingerprint density at radius 3 is 2.65 bits per heavy atom. The zero-order valence-corrected chi connectivity index (χ0v) is 11.0. The lowest BCUT2D eigenvalue weighted by Crippen LogP contribution is -2.14. The highest BCUT2D eigenvalue weighted by Gasteiger charge is 2.08. The van der Waals surface area contributed by atoms with Crippen LogP contribution in [0.25, 0.3) is 0 Å². The van der Waals surface area contributed by atoms with Crippen LogP contribution >= 0.6 is 0 Å². The molecule has 0 unspecified atom stereocenters. The number of nitrogens with zero attached hydrogens (tertiary/aromatic N) is 1. The van der Waals surface area contributed by atoms with E-state index in [0.29, 0.717) is 23.6 Å². The molecule has 1 aromatic heterocycles. The molecule has 6 nitrogen and oxygen atoms in total. The average Bonchev–Trinajstić information content (AvgIpc) is 2.92. The van der Waals surface area contributed by atoms with E-state index in [9.17, 15) is 9.59 Å². The molecule has 20 heavy (non-hydrogen) atoms. The molecular formula is C14H14N2O4. The zero-order chi connectivity index (χ0) is 14.4. The average molecular weight is 274 g/mol. The van der Waals surface area contributed by atoms with E-state index in [1.54, 1.807) is 31.2 Å². The van der Waals surface area contributed by atoms with Gasteiger partial charge in [-0.05, 0) is 31.2 Å². The molecule has 2 rings (SSSR count). The Hall–Kier alpha value is -2.63. The number of aromatic nitrogens is 1. The predicted octanol–water partition coefficient (Wildman–Crippen LogP) is 2.03. The smallest absolute Gasteiger partial charge is 0.338 e. The maximum atomic E-state index is 11.7. The first kappa shape index (κ1) is 13.8. The highest BCUT2D eigenvalue weighted by Crippen LogP contribution is 2.11. The molecule has 0 aliphatic carbocycles. The first-order chi connectivity index (χ1) is 9.69. The topological polar surface area (TPSA) is 81.4 Å². The fourth-order valence-electron chi connectivity index (χ4n) is 1.60. The van der Waals surface area contributed by atoms with Crippen LogP contribution in [0.4, 0.5) is 5.69 Å². The summed E-state index contributed by atoms with van der Waals surface area (Å²) in [4.78, 5) is 27.0. The molecule has 0 saturated heterocycles. The fourth-order valence-corrected chi connectivity index (χ4v) is 1.60. The van der Waals surface area contributed by atoms with Crippen molar-refractivity contribution < 1.29 is 18.7 Å². The third-order valence-electron chi connectivity index (χ3n) is 2.50. The number of carbonyl (C=O) groups excluding carboxylic acids is 2. The lowest BCUT2D eigenvalue weighted by Gasteiger charge is -2.05. The standard InChI is InChI=1S/C14H14N2O4/c1-2-20-14(18)10-3-5-11(6-4-10)16-13(17)7-12-8-19-9-15-12/h3-6,8-9H,2,7H2,1H3,(H,16,17). The molecule has 0 saturated carbocycles. The Morgan fingerprint density at radius 1 is 1.30 bits per heavy atom. The van der Waals surface area contributed by atoms with Crippen LogP contribution in [-0.4, -0.2) is 23.5 Å². The molecule has 6 heteroatoms. The van der Waals surface area contributed by atoms with E-state index in [-0.39, 0.29) is 18.3 Å². The molecule has 0 atom stereocenters. The first-order valence-electron chi connectivity index (χ1n) is 6.13. The number of amides is 1. The largest absolute Gasteiger partial charge is 0.462 e. The number of carbonyl (C=O) groups is 2. The van der Waals surface area contributed by atoms with E-state index in [2.05, 4.69) is 10.3 Å². The minimum Gasteiger partial charge on any atom is -0.462 e. The number of hydrogen-bond donors (Lipinski definition) is 1. The summed E-state index contributed by atoms with van der Waals surface area (Å²) in [5.74, 6) is -0.587. The van der Waals surface area contributed by atoms with Gasteiger partial charge in [0.25, 0.3) is 0 Å². The van der Waals surface area contributed by atoms with Crippen molar-refractivity contribution in [2.24, 2.45) is 0 Å². The Labute approximate surface area is 115 Å². The van der Waals surface area contributed by atoms with Crippen LogP contribution < -0.4 is 5.32 Å². The predicted molar refractivity (Wildman–Crippen MR) is 71.2 cm³/mol. The molecule has 1 heterocycles. The van der Waals surface area contributed by atoms with Crippen molar-refractivity contribution in [2.45, 2.75) is 13.3 Å². The summed E-state index contributed by atoms with van der Waals surface area (Å²) in [6.07, 6.45) is 2.83. The molecule has 1 amide bonds. The zero-order valence-electron chi connectivity index (χ0n) is 11.0. The van der Waals surface area contributed by atoms with Crippen molar-refractivity contribution >= 4 is 17.6 Å². The van der Waals surface area contributed by atoms with Crippen molar-refractivity contribution in [1.82, 2.24) is 4.98 Å². The second-order valence-corrected chi connectivity index (χ2v) is 4.00. The number of oxazole rings is 1. The van der Waals surface area contributed by atoms with Crippen LogP contribution in [0.15, 0.2) is 41.3 Å².